The van der Waals surface area contributed by atoms with Crippen LogP contribution in [0.5, 0.6) is 0 Å². The van der Waals surface area contributed by atoms with Gasteiger partial charge in [0.2, 0.25) is 0 Å². The van der Waals surface area contributed by atoms with Crippen LogP contribution >= 0.6 is 11.3 Å². The number of imide groups is 1. The molecule has 0 aliphatic carbocycles. The molecule has 0 unspecified atom stereocenters. The van der Waals surface area contributed by atoms with E-state index < -0.39 is 0 Å². The Bertz CT molecular complexity index is 637. The summed E-state index contributed by atoms with van der Waals surface area (Å²) in [6.45, 7) is 0.261. The van der Waals surface area contributed by atoms with Gasteiger partial charge >= 0.3 is 0 Å². The van der Waals surface area contributed by atoms with Gasteiger partial charge in [0.25, 0.3) is 11.8 Å². The average molecular weight is 259 g/mol. The maximum absolute atomic E-state index is 12.1. The molecule has 2 heterocycles. The lowest BCUT2D eigenvalue weighted by Crippen LogP contribution is -2.28. The average Bonchev–Trinajstić information content (AvgIpc) is 2.93. The topological polar surface area (TPSA) is 76.3 Å². The van der Waals surface area contributed by atoms with Crippen molar-refractivity contribution in [3.63, 3.8) is 0 Å². The van der Waals surface area contributed by atoms with Gasteiger partial charge < -0.3 is 5.73 Å². The molecule has 0 fully saturated rings. The maximum atomic E-state index is 12.1. The van der Waals surface area contributed by atoms with Crippen LogP contribution in [0.4, 0.5) is 5.69 Å². The largest absolute Gasteiger partial charge is 0.399 e. The van der Waals surface area contributed by atoms with E-state index in [1.807, 2.05) is 0 Å². The van der Waals surface area contributed by atoms with E-state index in [9.17, 15) is 9.59 Å². The molecule has 5 nitrogen and oxygen atoms in total. The highest BCUT2D eigenvalue weighted by Crippen LogP contribution is 2.26. The lowest BCUT2D eigenvalue weighted by molar-refractivity contribution is 0.0644. The number of carbonyl (C=O) groups is 2. The van der Waals surface area contributed by atoms with Crippen LogP contribution in [0.15, 0.2) is 29.9 Å². The van der Waals surface area contributed by atoms with Gasteiger partial charge in [0.15, 0.2) is 0 Å². The predicted molar refractivity (Wildman–Crippen MR) is 67.2 cm³/mol. The Kier molecular flexibility index (Phi) is 2.38. The van der Waals surface area contributed by atoms with Gasteiger partial charge in [-0.3, -0.25) is 19.5 Å². The monoisotopic (exact) mass is 259 g/mol. The number of hydrogen-bond donors (Lipinski definition) is 1. The molecule has 1 aromatic carbocycles. The number of carbonyl (C=O) groups excluding carboxylic acids is 2. The Morgan fingerprint density at radius 2 is 2.00 bits per heavy atom. The van der Waals surface area contributed by atoms with Crippen LogP contribution in [0.3, 0.4) is 0 Å². The molecular weight excluding hydrogens is 250 g/mol. The van der Waals surface area contributed by atoms with Crippen LogP contribution in [0.1, 0.15) is 25.6 Å². The number of benzene rings is 1. The molecule has 2 N–H and O–H groups in total. The minimum absolute atomic E-state index is 0.261. The molecule has 0 saturated carbocycles. The SMILES string of the molecule is Nc1ccc2c(c1)C(=O)N(Cc1cncs1)C2=O. The molecule has 1 aliphatic rings. The second-order valence-corrected chi connectivity index (χ2v) is 4.94. The third kappa shape index (κ3) is 1.58. The van der Waals surface area contributed by atoms with Crippen molar-refractivity contribution in [1.29, 1.82) is 0 Å². The fraction of sp³-hybridized carbons (Fsp3) is 0.0833. The summed E-state index contributed by atoms with van der Waals surface area (Å²) in [6.07, 6.45) is 1.66. The van der Waals surface area contributed by atoms with Gasteiger partial charge in [-0.05, 0) is 18.2 Å². The van der Waals surface area contributed by atoms with Crippen LogP contribution in [0.25, 0.3) is 0 Å². The molecule has 0 spiro atoms. The number of amides is 2. The zero-order chi connectivity index (χ0) is 12.7. The van der Waals surface area contributed by atoms with E-state index in [1.165, 1.54) is 16.2 Å². The van der Waals surface area contributed by atoms with Crippen molar-refractivity contribution in [2.75, 3.05) is 5.73 Å². The van der Waals surface area contributed by atoms with E-state index in [0.29, 0.717) is 16.8 Å². The molecule has 3 rings (SSSR count). The van der Waals surface area contributed by atoms with E-state index in [0.717, 1.165) is 4.88 Å². The van der Waals surface area contributed by atoms with Gasteiger partial charge in [-0.2, -0.15) is 0 Å². The number of nitrogens with zero attached hydrogens (tertiary/aromatic N) is 2. The molecule has 0 bridgehead atoms. The number of aromatic nitrogens is 1. The number of fused-ring (bicyclic) bond motifs is 1. The van der Waals surface area contributed by atoms with Gasteiger partial charge in [-0.1, -0.05) is 0 Å². The van der Waals surface area contributed by atoms with Crippen molar-refractivity contribution >= 4 is 28.8 Å². The van der Waals surface area contributed by atoms with Gasteiger partial charge in [0, 0.05) is 16.8 Å². The van der Waals surface area contributed by atoms with Crippen molar-refractivity contribution in [2.45, 2.75) is 6.54 Å². The highest BCUT2D eigenvalue weighted by Gasteiger charge is 2.35. The third-order valence-corrected chi connectivity index (χ3v) is 3.56. The summed E-state index contributed by atoms with van der Waals surface area (Å²) in [4.78, 5) is 30.2. The molecule has 18 heavy (non-hydrogen) atoms. The lowest BCUT2D eigenvalue weighted by atomic mass is 10.1. The molecule has 1 aliphatic heterocycles. The van der Waals surface area contributed by atoms with E-state index in [1.54, 1.807) is 29.9 Å². The van der Waals surface area contributed by atoms with Gasteiger partial charge in [0.05, 0.1) is 23.2 Å². The van der Waals surface area contributed by atoms with Crippen LogP contribution < -0.4 is 5.73 Å². The highest BCUT2D eigenvalue weighted by atomic mass is 32.1. The van der Waals surface area contributed by atoms with E-state index in [-0.39, 0.29) is 18.4 Å². The van der Waals surface area contributed by atoms with Crippen LogP contribution in [-0.4, -0.2) is 21.7 Å². The molecular formula is C12H9N3O2S. The number of anilines is 1. The van der Waals surface area contributed by atoms with E-state index >= 15 is 0 Å². The maximum Gasteiger partial charge on any atom is 0.261 e. The molecule has 0 saturated heterocycles. The van der Waals surface area contributed by atoms with Crippen molar-refractivity contribution in [1.82, 2.24) is 9.88 Å². The minimum atomic E-state index is -0.296. The number of nitrogen functional groups attached to an aromatic ring is 1. The Labute approximate surface area is 107 Å². The highest BCUT2D eigenvalue weighted by molar-refractivity contribution is 7.09. The molecule has 1 aromatic heterocycles. The number of thiazole rings is 1. The Morgan fingerprint density at radius 3 is 2.72 bits per heavy atom. The van der Waals surface area contributed by atoms with Crippen molar-refractivity contribution < 1.29 is 9.59 Å². The summed E-state index contributed by atoms with van der Waals surface area (Å²) in [5.74, 6) is -0.570. The molecule has 0 atom stereocenters. The van der Waals surface area contributed by atoms with Gasteiger partial charge in [-0.25, -0.2) is 0 Å². The minimum Gasteiger partial charge on any atom is -0.399 e. The van der Waals surface area contributed by atoms with Crippen LogP contribution in [-0.2, 0) is 6.54 Å². The van der Waals surface area contributed by atoms with Crippen molar-refractivity contribution in [3.05, 3.63) is 45.9 Å². The fourth-order valence-electron chi connectivity index (χ4n) is 1.93. The van der Waals surface area contributed by atoms with E-state index in [4.69, 9.17) is 5.73 Å². The second-order valence-electron chi connectivity index (χ2n) is 3.97. The number of hydrogen-bond acceptors (Lipinski definition) is 5. The van der Waals surface area contributed by atoms with Crippen LogP contribution in [0, 0.1) is 0 Å². The molecule has 90 valence electrons. The Balaban J connectivity index is 1.97. The Hall–Kier alpha value is -2.21. The van der Waals surface area contributed by atoms with Crippen LogP contribution in [0.2, 0.25) is 0 Å². The first-order chi connectivity index (χ1) is 8.66. The molecule has 6 heteroatoms. The zero-order valence-electron chi connectivity index (χ0n) is 9.29. The third-order valence-electron chi connectivity index (χ3n) is 2.79. The summed E-state index contributed by atoms with van der Waals surface area (Å²) in [5.41, 5.74) is 8.58. The summed E-state index contributed by atoms with van der Waals surface area (Å²) < 4.78 is 0. The first-order valence-electron chi connectivity index (χ1n) is 5.30. The quantitative estimate of drug-likeness (QED) is 0.655. The standard InChI is InChI=1S/C12H9N3O2S/c13-7-1-2-9-10(3-7)12(17)15(11(9)16)5-8-4-14-6-18-8/h1-4,6H,5,13H2. The summed E-state index contributed by atoms with van der Waals surface area (Å²) in [7, 11) is 0. The smallest absolute Gasteiger partial charge is 0.261 e. The summed E-state index contributed by atoms with van der Waals surface area (Å²) >= 11 is 1.41. The Morgan fingerprint density at radius 1 is 1.22 bits per heavy atom. The van der Waals surface area contributed by atoms with Gasteiger partial charge in [-0.15, -0.1) is 11.3 Å². The number of nitrogens with two attached hydrogens (primary N) is 1. The zero-order valence-corrected chi connectivity index (χ0v) is 10.1. The van der Waals surface area contributed by atoms with Crippen molar-refractivity contribution in [2.24, 2.45) is 0 Å². The van der Waals surface area contributed by atoms with Gasteiger partial charge in [0.1, 0.15) is 0 Å². The fourth-order valence-corrected chi connectivity index (χ4v) is 2.51. The molecule has 2 amide bonds. The normalized spacial score (nSPS) is 14.1. The summed E-state index contributed by atoms with van der Waals surface area (Å²) in [6, 6.07) is 4.76. The second kappa shape index (κ2) is 3.92. The molecule has 0 radical (unpaired) electrons. The first-order valence-corrected chi connectivity index (χ1v) is 6.18. The van der Waals surface area contributed by atoms with Crippen molar-refractivity contribution in [3.8, 4) is 0 Å². The van der Waals surface area contributed by atoms with E-state index in [2.05, 4.69) is 4.98 Å². The lowest BCUT2D eigenvalue weighted by Gasteiger charge is -2.11. The number of rotatable bonds is 2. The first kappa shape index (κ1) is 10.9. The molecule has 2 aromatic rings. The summed E-state index contributed by atoms with van der Waals surface area (Å²) in [5, 5.41) is 0. The predicted octanol–water partition coefficient (Wildman–Crippen LogP) is 1.52.